The molecule has 2 heterocycles. The minimum atomic E-state index is -0.462. The average molecular weight is 195 g/mol. The first-order valence-corrected chi connectivity index (χ1v) is 4.55. The Morgan fingerprint density at radius 2 is 2.57 bits per heavy atom. The lowest BCUT2D eigenvalue weighted by molar-refractivity contribution is 0.100. The maximum Gasteiger partial charge on any atom is 0.254 e. The molecule has 5 N–H and O–H groups in total. The van der Waals surface area contributed by atoms with Gasteiger partial charge in [0.25, 0.3) is 5.91 Å². The molecule has 0 radical (unpaired) electrons. The molecule has 1 unspecified atom stereocenters. The molecule has 0 aliphatic carbocycles. The van der Waals surface area contributed by atoms with Crippen LogP contribution in [0.1, 0.15) is 22.8 Å². The molecule has 76 valence electrons. The second-order valence-corrected chi connectivity index (χ2v) is 3.32. The maximum atomic E-state index is 11.0. The molecule has 2 rings (SSSR count). The topological polar surface area (TPSA) is 99.0 Å². The molecule has 6 nitrogen and oxygen atoms in total. The number of primary amides is 1. The van der Waals surface area contributed by atoms with Gasteiger partial charge < -0.3 is 16.8 Å². The van der Waals surface area contributed by atoms with Gasteiger partial charge >= 0.3 is 0 Å². The van der Waals surface area contributed by atoms with E-state index >= 15 is 0 Å². The van der Waals surface area contributed by atoms with Crippen molar-refractivity contribution >= 4 is 11.7 Å². The van der Waals surface area contributed by atoms with Crippen LogP contribution in [0.2, 0.25) is 0 Å². The van der Waals surface area contributed by atoms with Gasteiger partial charge in [-0.1, -0.05) is 0 Å². The molecule has 1 aliphatic rings. The highest BCUT2D eigenvalue weighted by Crippen LogP contribution is 2.25. The van der Waals surface area contributed by atoms with Crippen LogP contribution < -0.4 is 16.8 Å². The molecule has 0 bridgehead atoms. The van der Waals surface area contributed by atoms with E-state index in [0.29, 0.717) is 17.9 Å². The van der Waals surface area contributed by atoms with Crippen molar-refractivity contribution in [2.75, 3.05) is 18.4 Å². The van der Waals surface area contributed by atoms with Gasteiger partial charge in [0, 0.05) is 13.1 Å². The molecule has 14 heavy (non-hydrogen) atoms. The van der Waals surface area contributed by atoms with E-state index < -0.39 is 5.91 Å². The van der Waals surface area contributed by atoms with Gasteiger partial charge in [0.05, 0.1) is 12.2 Å². The summed E-state index contributed by atoms with van der Waals surface area (Å²) in [5.41, 5.74) is 11.2. The third-order valence-corrected chi connectivity index (χ3v) is 2.45. The van der Waals surface area contributed by atoms with E-state index in [0.717, 1.165) is 13.0 Å². The molecular formula is C8H13N5O. The zero-order chi connectivity index (χ0) is 10.1. The number of fused-ring (bicyclic) bond motifs is 1. The molecule has 0 saturated carbocycles. The maximum absolute atomic E-state index is 11.0. The lowest BCUT2D eigenvalue weighted by Crippen LogP contribution is -2.29. The number of nitrogens with one attached hydrogen (secondary N) is 1. The second kappa shape index (κ2) is 3.30. The molecule has 1 amide bonds. The van der Waals surface area contributed by atoms with Gasteiger partial charge in [0.1, 0.15) is 11.4 Å². The fraction of sp³-hybridized carbons (Fsp3) is 0.500. The SMILES string of the molecule is NCC1CCNc2c(C(N)=O)cnn21. The predicted molar refractivity (Wildman–Crippen MR) is 51.9 cm³/mol. The van der Waals surface area contributed by atoms with E-state index in [1.54, 1.807) is 4.68 Å². The first-order valence-electron chi connectivity index (χ1n) is 4.55. The smallest absolute Gasteiger partial charge is 0.254 e. The summed E-state index contributed by atoms with van der Waals surface area (Å²) in [5, 5.41) is 7.20. The summed E-state index contributed by atoms with van der Waals surface area (Å²) in [6, 6.07) is 0.166. The summed E-state index contributed by atoms with van der Waals surface area (Å²) in [6.07, 6.45) is 2.40. The summed E-state index contributed by atoms with van der Waals surface area (Å²) >= 11 is 0. The molecule has 1 aromatic heterocycles. The number of anilines is 1. The summed E-state index contributed by atoms with van der Waals surface area (Å²) in [5.74, 6) is 0.232. The molecule has 0 aromatic carbocycles. The number of amides is 1. The average Bonchev–Trinajstić information content (AvgIpc) is 2.60. The molecule has 6 heteroatoms. The Labute approximate surface area is 81.2 Å². The van der Waals surface area contributed by atoms with Crippen LogP contribution in [-0.4, -0.2) is 28.8 Å². The van der Waals surface area contributed by atoms with E-state index in [1.807, 2.05) is 0 Å². The van der Waals surface area contributed by atoms with Crippen molar-refractivity contribution in [3.05, 3.63) is 11.8 Å². The lowest BCUT2D eigenvalue weighted by Gasteiger charge is -2.24. The number of carbonyl (C=O) groups excluding carboxylic acids is 1. The van der Waals surface area contributed by atoms with Crippen LogP contribution in [-0.2, 0) is 0 Å². The van der Waals surface area contributed by atoms with Gasteiger partial charge in [-0.05, 0) is 6.42 Å². The normalized spacial score (nSPS) is 19.9. The molecule has 0 fully saturated rings. The van der Waals surface area contributed by atoms with Crippen molar-refractivity contribution in [1.82, 2.24) is 9.78 Å². The van der Waals surface area contributed by atoms with Crippen LogP contribution >= 0.6 is 0 Å². The first kappa shape index (κ1) is 9.01. The Hall–Kier alpha value is -1.56. The standard InChI is InChI=1S/C8H13N5O/c9-3-5-1-2-11-8-6(7(10)14)4-12-13(5)8/h4-5,11H,1-3,9H2,(H2,10,14). The van der Waals surface area contributed by atoms with Crippen molar-refractivity contribution in [1.29, 1.82) is 0 Å². The number of nitrogens with zero attached hydrogens (tertiary/aromatic N) is 2. The number of hydrogen-bond acceptors (Lipinski definition) is 4. The Morgan fingerprint density at radius 3 is 3.21 bits per heavy atom. The van der Waals surface area contributed by atoms with Crippen LogP contribution in [0.4, 0.5) is 5.82 Å². The molecule has 1 aromatic rings. The van der Waals surface area contributed by atoms with Crippen molar-refractivity contribution < 1.29 is 4.79 Å². The van der Waals surface area contributed by atoms with Gasteiger partial charge in [-0.15, -0.1) is 0 Å². The van der Waals surface area contributed by atoms with Crippen molar-refractivity contribution in [2.45, 2.75) is 12.5 Å². The van der Waals surface area contributed by atoms with Crippen LogP contribution in [0.5, 0.6) is 0 Å². The van der Waals surface area contributed by atoms with E-state index in [1.165, 1.54) is 6.20 Å². The lowest BCUT2D eigenvalue weighted by atomic mass is 10.1. The van der Waals surface area contributed by atoms with Crippen molar-refractivity contribution in [3.63, 3.8) is 0 Å². The minimum absolute atomic E-state index is 0.166. The van der Waals surface area contributed by atoms with E-state index in [2.05, 4.69) is 10.4 Å². The fourth-order valence-electron chi connectivity index (χ4n) is 1.69. The molecule has 0 saturated heterocycles. The van der Waals surface area contributed by atoms with Crippen LogP contribution in [0, 0.1) is 0 Å². The van der Waals surface area contributed by atoms with E-state index in [9.17, 15) is 4.79 Å². The number of aromatic nitrogens is 2. The fourth-order valence-corrected chi connectivity index (χ4v) is 1.69. The summed E-state index contributed by atoms with van der Waals surface area (Å²) in [4.78, 5) is 11.0. The molecule has 0 spiro atoms. The van der Waals surface area contributed by atoms with Gasteiger partial charge in [0.15, 0.2) is 0 Å². The van der Waals surface area contributed by atoms with Crippen LogP contribution in [0.15, 0.2) is 6.20 Å². The number of carbonyl (C=O) groups is 1. The molecular weight excluding hydrogens is 182 g/mol. The molecule has 1 atom stereocenters. The van der Waals surface area contributed by atoms with Crippen LogP contribution in [0.25, 0.3) is 0 Å². The number of rotatable bonds is 2. The second-order valence-electron chi connectivity index (χ2n) is 3.32. The zero-order valence-electron chi connectivity index (χ0n) is 7.73. The van der Waals surface area contributed by atoms with E-state index in [4.69, 9.17) is 11.5 Å². The Bertz CT molecular complexity index is 359. The van der Waals surface area contributed by atoms with Crippen molar-refractivity contribution in [3.8, 4) is 0 Å². The Morgan fingerprint density at radius 1 is 1.79 bits per heavy atom. The minimum Gasteiger partial charge on any atom is -0.370 e. The third-order valence-electron chi connectivity index (χ3n) is 2.45. The largest absolute Gasteiger partial charge is 0.370 e. The van der Waals surface area contributed by atoms with E-state index in [-0.39, 0.29) is 6.04 Å². The van der Waals surface area contributed by atoms with Crippen molar-refractivity contribution in [2.24, 2.45) is 11.5 Å². The Kier molecular flexibility index (Phi) is 2.12. The third kappa shape index (κ3) is 1.24. The highest BCUT2D eigenvalue weighted by Gasteiger charge is 2.23. The highest BCUT2D eigenvalue weighted by molar-refractivity contribution is 5.97. The zero-order valence-corrected chi connectivity index (χ0v) is 7.73. The van der Waals surface area contributed by atoms with Gasteiger partial charge in [-0.2, -0.15) is 5.10 Å². The van der Waals surface area contributed by atoms with Crippen LogP contribution in [0.3, 0.4) is 0 Å². The Balaban J connectivity index is 2.42. The highest BCUT2D eigenvalue weighted by atomic mass is 16.1. The van der Waals surface area contributed by atoms with Gasteiger partial charge in [0.2, 0.25) is 0 Å². The number of hydrogen-bond donors (Lipinski definition) is 3. The first-order chi connectivity index (χ1) is 6.74. The number of nitrogens with two attached hydrogens (primary N) is 2. The van der Waals surface area contributed by atoms with Gasteiger partial charge in [-0.25, -0.2) is 4.68 Å². The summed E-state index contributed by atoms with van der Waals surface area (Å²) < 4.78 is 1.74. The predicted octanol–water partition coefficient (Wildman–Crippen LogP) is -0.703. The quantitative estimate of drug-likeness (QED) is 0.581. The summed E-state index contributed by atoms with van der Waals surface area (Å²) in [7, 11) is 0. The summed E-state index contributed by atoms with van der Waals surface area (Å²) in [6.45, 7) is 1.32. The molecule has 1 aliphatic heterocycles. The van der Waals surface area contributed by atoms with Gasteiger partial charge in [-0.3, -0.25) is 4.79 Å². The monoisotopic (exact) mass is 195 g/mol.